The molecular weight excluding hydrogens is 454 g/mol. The van der Waals surface area contributed by atoms with E-state index in [-0.39, 0.29) is 0 Å². The van der Waals surface area contributed by atoms with E-state index < -0.39 is 5.41 Å². The number of pyridine rings is 1. The molecule has 5 aromatic carbocycles. The van der Waals surface area contributed by atoms with Crippen LogP contribution >= 0.6 is 11.8 Å². The summed E-state index contributed by atoms with van der Waals surface area (Å²) in [5.41, 5.74) is 12.7. The van der Waals surface area contributed by atoms with Crippen LogP contribution in [0.3, 0.4) is 0 Å². The Balaban J connectivity index is 1.54. The van der Waals surface area contributed by atoms with Crippen LogP contribution in [-0.4, -0.2) is 4.98 Å². The van der Waals surface area contributed by atoms with E-state index in [0.29, 0.717) is 0 Å². The largest absolute Gasteiger partial charge is 0.259 e. The van der Waals surface area contributed by atoms with E-state index in [1.165, 1.54) is 70.6 Å². The summed E-state index contributed by atoms with van der Waals surface area (Å²) in [5.74, 6) is 0. The highest BCUT2D eigenvalue weighted by atomic mass is 32.2. The number of rotatable bonds is 0. The van der Waals surface area contributed by atoms with E-state index in [1.807, 2.05) is 18.0 Å². The SMILES string of the molecule is c1ccc2c(c1)Sc1cccc3c4c(cc-2c13)C1(c2ccccc2-c2ccccc21)c1ncccc1-4. The van der Waals surface area contributed by atoms with Gasteiger partial charge < -0.3 is 0 Å². The molecule has 1 aliphatic heterocycles. The summed E-state index contributed by atoms with van der Waals surface area (Å²) >= 11 is 1.89. The maximum atomic E-state index is 5.15. The minimum atomic E-state index is -0.417. The van der Waals surface area contributed by atoms with Gasteiger partial charge >= 0.3 is 0 Å². The molecule has 1 spiro atoms. The van der Waals surface area contributed by atoms with Gasteiger partial charge in [-0.05, 0) is 74.2 Å². The fraction of sp³-hybridized carbons (Fsp3) is 0.0294. The van der Waals surface area contributed by atoms with Crippen molar-refractivity contribution < 1.29 is 0 Å². The Morgan fingerprint density at radius 2 is 1.19 bits per heavy atom. The van der Waals surface area contributed by atoms with E-state index in [0.717, 1.165) is 5.69 Å². The molecule has 1 aromatic heterocycles. The predicted molar refractivity (Wildman–Crippen MR) is 148 cm³/mol. The molecule has 0 amide bonds. The van der Waals surface area contributed by atoms with Crippen molar-refractivity contribution >= 4 is 22.5 Å². The lowest BCUT2D eigenvalue weighted by atomic mass is 9.71. The Bertz CT molecular complexity index is 1890. The van der Waals surface area contributed by atoms with Crippen LogP contribution in [0.2, 0.25) is 0 Å². The van der Waals surface area contributed by atoms with E-state index >= 15 is 0 Å². The molecule has 0 saturated heterocycles. The molecule has 0 bridgehead atoms. The van der Waals surface area contributed by atoms with Gasteiger partial charge in [0.2, 0.25) is 0 Å². The van der Waals surface area contributed by atoms with Gasteiger partial charge in [0, 0.05) is 26.9 Å². The van der Waals surface area contributed by atoms with Gasteiger partial charge in [-0.15, -0.1) is 0 Å². The van der Waals surface area contributed by atoms with Crippen LogP contribution < -0.4 is 0 Å². The van der Waals surface area contributed by atoms with E-state index in [9.17, 15) is 0 Å². The fourth-order valence-corrected chi connectivity index (χ4v) is 8.18. The molecule has 6 aromatic rings. The highest BCUT2D eigenvalue weighted by molar-refractivity contribution is 7.99. The summed E-state index contributed by atoms with van der Waals surface area (Å²) in [7, 11) is 0. The molecule has 2 aliphatic carbocycles. The van der Waals surface area contributed by atoms with Crippen LogP contribution in [0, 0.1) is 0 Å². The van der Waals surface area contributed by atoms with Crippen molar-refractivity contribution in [3.8, 4) is 33.4 Å². The van der Waals surface area contributed by atoms with Crippen LogP contribution in [0.5, 0.6) is 0 Å². The number of hydrogen-bond donors (Lipinski definition) is 0. The predicted octanol–water partition coefficient (Wildman–Crippen LogP) is 8.71. The molecule has 9 rings (SSSR count). The molecule has 3 aliphatic rings. The van der Waals surface area contributed by atoms with Crippen LogP contribution in [0.25, 0.3) is 44.2 Å². The molecular formula is C34H19NS. The Kier molecular flexibility index (Phi) is 3.47. The lowest BCUT2D eigenvalue weighted by Crippen LogP contribution is -2.27. The van der Waals surface area contributed by atoms with Crippen molar-refractivity contribution in [1.29, 1.82) is 0 Å². The Hall–Kier alpha value is -4.14. The summed E-state index contributed by atoms with van der Waals surface area (Å²) in [6, 6.07) is 40.4. The fourth-order valence-electron chi connectivity index (χ4n) is 7.04. The van der Waals surface area contributed by atoms with Gasteiger partial charge in [-0.3, -0.25) is 4.98 Å². The molecule has 2 heteroatoms. The summed E-state index contributed by atoms with van der Waals surface area (Å²) in [5, 5.41) is 2.70. The van der Waals surface area contributed by atoms with Gasteiger partial charge in [0.25, 0.3) is 0 Å². The van der Waals surface area contributed by atoms with Crippen molar-refractivity contribution in [2.75, 3.05) is 0 Å². The van der Waals surface area contributed by atoms with E-state index in [4.69, 9.17) is 4.98 Å². The molecule has 0 saturated carbocycles. The van der Waals surface area contributed by atoms with Crippen molar-refractivity contribution in [3.05, 3.63) is 138 Å². The van der Waals surface area contributed by atoms with Crippen molar-refractivity contribution in [1.82, 2.24) is 4.98 Å². The summed E-state index contributed by atoms with van der Waals surface area (Å²) in [6.45, 7) is 0. The van der Waals surface area contributed by atoms with Gasteiger partial charge in [-0.2, -0.15) is 0 Å². The summed E-state index contributed by atoms with van der Waals surface area (Å²) < 4.78 is 0. The number of benzene rings is 5. The number of nitrogens with zero attached hydrogens (tertiary/aromatic N) is 1. The second-order valence-corrected chi connectivity index (χ2v) is 10.9. The number of hydrogen-bond acceptors (Lipinski definition) is 2. The quantitative estimate of drug-likeness (QED) is 0.218. The first-order valence-electron chi connectivity index (χ1n) is 12.4. The molecule has 1 nitrogen and oxygen atoms in total. The molecule has 0 radical (unpaired) electrons. The zero-order chi connectivity index (χ0) is 23.4. The lowest BCUT2D eigenvalue weighted by molar-refractivity contribution is 0.761. The van der Waals surface area contributed by atoms with Crippen molar-refractivity contribution in [3.63, 3.8) is 0 Å². The van der Waals surface area contributed by atoms with Gasteiger partial charge in [0.1, 0.15) is 0 Å². The van der Waals surface area contributed by atoms with Gasteiger partial charge in [-0.1, -0.05) is 96.7 Å². The zero-order valence-corrected chi connectivity index (χ0v) is 20.1. The Morgan fingerprint density at radius 3 is 2.00 bits per heavy atom. The molecule has 2 heterocycles. The van der Waals surface area contributed by atoms with Crippen molar-refractivity contribution in [2.45, 2.75) is 15.2 Å². The van der Waals surface area contributed by atoms with Crippen LogP contribution in [0.15, 0.2) is 125 Å². The van der Waals surface area contributed by atoms with Crippen LogP contribution in [0.1, 0.15) is 22.4 Å². The van der Waals surface area contributed by atoms with Gasteiger partial charge in [0.15, 0.2) is 0 Å². The summed E-state index contributed by atoms with van der Waals surface area (Å²) in [6.07, 6.45) is 1.97. The third-order valence-electron chi connectivity index (χ3n) is 8.31. The van der Waals surface area contributed by atoms with E-state index in [2.05, 4.69) is 109 Å². The number of fused-ring (bicyclic) bond motifs is 13. The first kappa shape index (κ1) is 19.1. The molecule has 36 heavy (non-hydrogen) atoms. The average molecular weight is 474 g/mol. The van der Waals surface area contributed by atoms with Crippen molar-refractivity contribution in [2.24, 2.45) is 0 Å². The minimum Gasteiger partial charge on any atom is -0.259 e. The topological polar surface area (TPSA) is 12.9 Å². The third kappa shape index (κ3) is 2.06. The van der Waals surface area contributed by atoms with Crippen LogP contribution in [0.4, 0.5) is 0 Å². The first-order valence-corrected chi connectivity index (χ1v) is 13.2. The van der Waals surface area contributed by atoms with Gasteiger partial charge in [0.05, 0.1) is 11.1 Å². The average Bonchev–Trinajstić information content (AvgIpc) is 3.41. The van der Waals surface area contributed by atoms with Crippen LogP contribution in [-0.2, 0) is 5.41 Å². The lowest BCUT2D eigenvalue weighted by Gasteiger charge is -2.30. The Labute approximate surface area is 213 Å². The minimum absolute atomic E-state index is 0.417. The molecule has 0 N–H and O–H groups in total. The second-order valence-electron chi connectivity index (χ2n) is 9.86. The summed E-state index contributed by atoms with van der Waals surface area (Å²) in [4.78, 5) is 7.81. The first-order chi connectivity index (χ1) is 17.9. The molecule has 0 fully saturated rings. The third-order valence-corrected chi connectivity index (χ3v) is 9.44. The van der Waals surface area contributed by atoms with E-state index in [1.54, 1.807) is 0 Å². The standard InChI is InChI=1S/C34H19NS/c1-4-14-26-20(9-1)21-10-2-5-15-27(21)34(26)28-19-25-22-11-3-6-16-29(22)36-30-17-7-12-23(32(25)30)31(28)24-13-8-18-35-33(24)34/h1-19H. The molecule has 0 unspecified atom stereocenters. The maximum absolute atomic E-state index is 5.15. The smallest absolute Gasteiger partial charge is 0.0898 e. The molecule has 166 valence electrons. The highest BCUT2D eigenvalue weighted by Gasteiger charge is 2.53. The van der Waals surface area contributed by atoms with Gasteiger partial charge in [-0.25, -0.2) is 0 Å². The highest BCUT2D eigenvalue weighted by Crippen LogP contribution is 2.64. The normalized spacial score (nSPS) is 14.8. The monoisotopic (exact) mass is 473 g/mol. The maximum Gasteiger partial charge on any atom is 0.0898 e. The second kappa shape index (κ2) is 6.54. The number of aromatic nitrogens is 1. The molecule has 0 atom stereocenters. The Morgan fingerprint density at radius 1 is 0.528 bits per heavy atom. The zero-order valence-electron chi connectivity index (χ0n) is 19.3.